The zero-order chi connectivity index (χ0) is 27.4. The number of para-hydroxylation sites is 2. The van der Waals surface area contributed by atoms with Crippen molar-refractivity contribution in [3.8, 4) is 5.75 Å². The van der Waals surface area contributed by atoms with Crippen LogP contribution in [0.1, 0.15) is 55.0 Å². The van der Waals surface area contributed by atoms with Crippen LogP contribution < -0.4 is 9.64 Å². The molecule has 7 rings (SSSR count). The molecular weight excluding hydrogens is 498 g/mol. The van der Waals surface area contributed by atoms with Crippen molar-refractivity contribution in [2.75, 3.05) is 11.5 Å². The maximum Gasteiger partial charge on any atom is 0.185 e. The van der Waals surface area contributed by atoms with Crippen LogP contribution in [0, 0.1) is 5.41 Å². The Morgan fingerprint density at radius 1 is 0.800 bits per heavy atom. The zero-order valence-electron chi connectivity index (χ0n) is 22.0. The Bertz CT molecular complexity index is 1670. The van der Waals surface area contributed by atoms with Gasteiger partial charge in [-0.1, -0.05) is 103 Å². The lowest BCUT2D eigenvalue weighted by Crippen LogP contribution is -2.48. The van der Waals surface area contributed by atoms with Crippen LogP contribution in [-0.2, 0) is 0 Å². The standard InChI is InChI=1S/C35H27NO4/c1-2-40-28-19-11-9-17-26(28)30-31(32(37)23-13-4-3-5-14-23)36-27-18-10-6-12-22(27)20-21-29(36)35(30)33(38)24-15-7-8-16-25(24)34(35)39/h3-21,29-31H,2H2,1H3/t29-,30+,31-/m1/s1. The highest BCUT2D eigenvalue weighted by molar-refractivity contribution is 6.32. The smallest absolute Gasteiger partial charge is 0.185 e. The number of fused-ring (bicyclic) bond motifs is 5. The van der Waals surface area contributed by atoms with Crippen molar-refractivity contribution in [2.24, 2.45) is 5.41 Å². The number of hydrogen-bond donors (Lipinski definition) is 0. The number of ether oxygens (including phenoxy) is 1. The van der Waals surface area contributed by atoms with Gasteiger partial charge in [0.05, 0.1) is 12.6 Å². The van der Waals surface area contributed by atoms with E-state index in [1.807, 2.05) is 90.7 Å². The molecule has 1 spiro atoms. The van der Waals surface area contributed by atoms with E-state index in [0.29, 0.717) is 34.6 Å². The molecule has 3 atom stereocenters. The van der Waals surface area contributed by atoms with E-state index in [9.17, 15) is 14.4 Å². The van der Waals surface area contributed by atoms with Gasteiger partial charge in [-0.3, -0.25) is 14.4 Å². The predicted octanol–water partition coefficient (Wildman–Crippen LogP) is 6.40. The van der Waals surface area contributed by atoms with Gasteiger partial charge in [0, 0.05) is 33.9 Å². The first-order chi connectivity index (χ1) is 19.6. The highest BCUT2D eigenvalue weighted by atomic mass is 16.5. The molecule has 40 heavy (non-hydrogen) atoms. The molecule has 0 radical (unpaired) electrons. The fourth-order valence-corrected chi connectivity index (χ4v) is 7.06. The van der Waals surface area contributed by atoms with Crippen molar-refractivity contribution < 1.29 is 19.1 Å². The van der Waals surface area contributed by atoms with E-state index in [-0.39, 0.29) is 17.3 Å². The summed E-state index contributed by atoms with van der Waals surface area (Å²) in [7, 11) is 0. The molecule has 0 saturated carbocycles. The first kappa shape index (κ1) is 24.3. The Labute approximate surface area is 232 Å². The van der Waals surface area contributed by atoms with Gasteiger partial charge in [0.2, 0.25) is 0 Å². The van der Waals surface area contributed by atoms with Gasteiger partial charge in [0.1, 0.15) is 17.2 Å². The maximum absolute atomic E-state index is 14.7. The summed E-state index contributed by atoms with van der Waals surface area (Å²) in [5.41, 5.74) is 2.26. The van der Waals surface area contributed by atoms with Crippen molar-refractivity contribution in [1.82, 2.24) is 0 Å². The van der Waals surface area contributed by atoms with Crippen molar-refractivity contribution >= 4 is 29.1 Å². The van der Waals surface area contributed by atoms with Crippen LogP contribution in [0.5, 0.6) is 5.75 Å². The Hall–Kier alpha value is -4.77. The van der Waals surface area contributed by atoms with Gasteiger partial charge >= 0.3 is 0 Å². The van der Waals surface area contributed by atoms with E-state index in [0.717, 1.165) is 11.3 Å². The lowest BCUT2D eigenvalue weighted by molar-refractivity contribution is 0.0664. The molecule has 196 valence electrons. The first-order valence-electron chi connectivity index (χ1n) is 13.6. The van der Waals surface area contributed by atoms with Crippen LogP contribution in [0.25, 0.3) is 6.08 Å². The summed E-state index contributed by atoms with van der Waals surface area (Å²) in [5.74, 6) is -0.843. The van der Waals surface area contributed by atoms with E-state index >= 15 is 0 Å². The molecule has 1 aliphatic carbocycles. The molecule has 1 saturated heterocycles. The van der Waals surface area contributed by atoms with Gasteiger partial charge < -0.3 is 9.64 Å². The summed E-state index contributed by atoms with van der Waals surface area (Å²) in [5, 5.41) is 0. The average Bonchev–Trinajstić information content (AvgIpc) is 3.44. The Morgan fingerprint density at radius 2 is 1.43 bits per heavy atom. The summed E-state index contributed by atoms with van der Waals surface area (Å²) in [6, 6.07) is 30.1. The average molecular weight is 526 g/mol. The highest BCUT2D eigenvalue weighted by Gasteiger charge is 2.71. The Kier molecular flexibility index (Phi) is 5.56. The van der Waals surface area contributed by atoms with Gasteiger partial charge in [-0.2, -0.15) is 0 Å². The normalized spacial score (nSPS) is 21.7. The second-order valence-electron chi connectivity index (χ2n) is 10.5. The molecule has 0 bridgehead atoms. The lowest BCUT2D eigenvalue weighted by Gasteiger charge is -2.37. The van der Waals surface area contributed by atoms with E-state index < -0.39 is 23.4 Å². The SMILES string of the molecule is CCOc1ccccc1[C@H]1[C@H](C(=O)c2ccccc2)N2c3ccccc3C=C[C@@H]2C12C(=O)c1ccccc1C2=O. The number of rotatable bonds is 5. The molecule has 1 fully saturated rings. The number of carbonyl (C=O) groups excluding carboxylic acids is 3. The molecule has 5 heteroatoms. The summed E-state index contributed by atoms with van der Waals surface area (Å²) in [6.07, 6.45) is 3.92. The van der Waals surface area contributed by atoms with E-state index in [1.54, 1.807) is 36.4 Å². The second-order valence-corrected chi connectivity index (χ2v) is 10.5. The summed E-state index contributed by atoms with van der Waals surface area (Å²) in [4.78, 5) is 46.1. The van der Waals surface area contributed by atoms with Gasteiger partial charge in [-0.25, -0.2) is 0 Å². The molecule has 2 heterocycles. The predicted molar refractivity (Wildman–Crippen MR) is 154 cm³/mol. The molecule has 4 aromatic carbocycles. The van der Waals surface area contributed by atoms with Crippen molar-refractivity contribution in [1.29, 1.82) is 0 Å². The summed E-state index contributed by atoms with van der Waals surface area (Å²) >= 11 is 0. The molecule has 0 N–H and O–H groups in total. The zero-order valence-corrected chi connectivity index (χ0v) is 22.0. The number of anilines is 1. The number of carbonyl (C=O) groups is 3. The molecule has 4 aromatic rings. The molecule has 2 aliphatic heterocycles. The van der Waals surface area contributed by atoms with Gasteiger partial charge in [0.15, 0.2) is 17.3 Å². The van der Waals surface area contributed by atoms with Gasteiger partial charge in [-0.05, 0) is 24.6 Å². The van der Waals surface area contributed by atoms with Crippen molar-refractivity contribution in [3.05, 3.63) is 137 Å². The van der Waals surface area contributed by atoms with Crippen molar-refractivity contribution in [3.63, 3.8) is 0 Å². The molecular formula is C35H27NO4. The minimum absolute atomic E-state index is 0.138. The van der Waals surface area contributed by atoms with Gasteiger partial charge in [0.25, 0.3) is 0 Å². The second kappa shape index (κ2) is 9.16. The van der Waals surface area contributed by atoms with Crippen LogP contribution in [0.15, 0.2) is 109 Å². The number of benzene rings is 4. The van der Waals surface area contributed by atoms with Gasteiger partial charge in [-0.15, -0.1) is 0 Å². The van der Waals surface area contributed by atoms with E-state index in [4.69, 9.17) is 4.74 Å². The number of hydrogen-bond acceptors (Lipinski definition) is 5. The fourth-order valence-electron chi connectivity index (χ4n) is 7.06. The first-order valence-corrected chi connectivity index (χ1v) is 13.6. The summed E-state index contributed by atoms with van der Waals surface area (Å²) < 4.78 is 6.09. The maximum atomic E-state index is 14.7. The molecule has 5 nitrogen and oxygen atoms in total. The Morgan fingerprint density at radius 3 is 2.15 bits per heavy atom. The van der Waals surface area contributed by atoms with Crippen LogP contribution in [0.3, 0.4) is 0 Å². The topological polar surface area (TPSA) is 63.7 Å². The number of nitrogens with zero attached hydrogens (tertiary/aromatic N) is 1. The monoisotopic (exact) mass is 525 g/mol. The lowest BCUT2D eigenvalue weighted by atomic mass is 9.64. The third kappa shape index (κ3) is 3.18. The molecule has 3 aliphatic rings. The highest BCUT2D eigenvalue weighted by Crippen LogP contribution is 2.61. The third-order valence-electron chi connectivity index (χ3n) is 8.59. The molecule has 0 aromatic heterocycles. The minimum Gasteiger partial charge on any atom is -0.494 e. The molecule has 0 unspecified atom stereocenters. The quantitative estimate of drug-likeness (QED) is 0.223. The largest absolute Gasteiger partial charge is 0.494 e. The number of Topliss-reactive ketones (excluding diaryl/α,β-unsaturated/α-hetero) is 3. The van der Waals surface area contributed by atoms with E-state index in [2.05, 4.69) is 0 Å². The summed E-state index contributed by atoms with van der Waals surface area (Å²) in [6.45, 7) is 2.31. The Balaban J connectivity index is 1.57. The van der Waals surface area contributed by atoms with Crippen LogP contribution in [0.4, 0.5) is 5.69 Å². The van der Waals surface area contributed by atoms with Crippen LogP contribution >= 0.6 is 0 Å². The van der Waals surface area contributed by atoms with Crippen LogP contribution in [0.2, 0.25) is 0 Å². The van der Waals surface area contributed by atoms with E-state index in [1.165, 1.54) is 0 Å². The van der Waals surface area contributed by atoms with Crippen LogP contribution in [-0.4, -0.2) is 36.0 Å². The fraction of sp³-hybridized carbons (Fsp3) is 0.171. The number of ketones is 3. The minimum atomic E-state index is -1.55. The van der Waals surface area contributed by atoms with Crippen molar-refractivity contribution in [2.45, 2.75) is 24.9 Å². The molecule has 0 amide bonds. The third-order valence-corrected chi connectivity index (χ3v) is 8.59.